The molecule has 0 spiro atoms. The summed E-state index contributed by atoms with van der Waals surface area (Å²) in [5, 5.41) is 11.8. The number of amides is 1. The summed E-state index contributed by atoms with van der Waals surface area (Å²) >= 11 is 0. The predicted octanol–water partition coefficient (Wildman–Crippen LogP) is 1.99. The van der Waals surface area contributed by atoms with E-state index in [0.717, 1.165) is 18.4 Å². The third-order valence-corrected chi connectivity index (χ3v) is 3.65. The number of nitrogens with one attached hydrogen (secondary N) is 1. The maximum atomic E-state index is 11.3. The van der Waals surface area contributed by atoms with E-state index in [9.17, 15) is 9.59 Å². The summed E-state index contributed by atoms with van der Waals surface area (Å²) < 4.78 is 5.30. The summed E-state index contributed by atoms with van der Waals surface area (Å²) in [6.45, 7) is 0.0352. The molecular weight excluding hydrogens is 246 g/mol. The Kier molecular flexibility index (Phi) is 2.89. The van der Waals surface area contributed by atoms with E-state index in [4.69, 9.17) is 9.84 Å². The Balaban J connectivity index is 1.89. The van der Waals surface area contributed by atoms with E-state index in [1.54, 1.807) is 6.07 Å². The highest BCUT2D eigenvalue weighted by Crippen LogP contribution is 2.45. The van der Waals surface area contributed by atoms with Gasteiger partial charge in [0.15, 0.2) is 6.61 Å². The fraction of sp³-hybridized carbons (Fsp3) is 0.429. The molecule has 0 radical (unpaired) electrons. The van der Waals surface area contributed by atoms with Gasteiger partial charge in [-0.15, -0.1) is 0 Å². The predicted molar refractivity (Wildman–Crippen MR) is 68.3 cm³/mol. The molecule has 3 rings (SSSR count). The Morgan fingerprint density at radius 2 is 2.26 bits per heavy atom. The Bertz CT molecular complexity index is 536. The average Bonchev–Trinajstić information content (AvgIpc) is 3.19. The molecule has 19 heavy (non-hydrogen) atoms. The molecule has 1 heterocycles. The van der Waals surface area contributed by atoms with Gasteiger partial charge < -0.3 is 15.2 Å². The maximum Gasteiger partial charge on any atom is 0.303 e. The second kappa shape index (κ2) is 4.57. The molecule has 1 aromatic rings. The quantitative estimate of drug-likeness (QED) is 0.869. The van der Waals surface area contributed by atoms with Crippen LogP contribution in [0.4, 0.5) is 5.69 Å². The lowest BCUT2D eigenvalue weighted by Gasteiger charge is -2.21. The van der Waals surface area contributed by atoms with E-state index >= 15 is 0 Å². The molecule has 1 aromatic carbocycles. The fourth-order valence-corrected chi connectivity index (χ4v) is 2.57. The molecule has 1 aliphatic heterocycles. The summed E-state index contributed by atoms with van der Waals surface area (Å²) in [5.74, 6) is 0.171. The second-order valence-electron chi connectivity index (χ2n) is 5.13. The van der Waals surface area contributed by atoms with Crippen molar-refractivity contribution in [3.8, 4) is 5.75 Å². The van der Waals surface area contributed by atoms with Crippen molar-refractivity contribution in [1.29, 1.82) is 0 Å². The highest BCUT2D eigenvalue weighted by atomic mass is 16.5. The van der Waals surface area contributed by atoms with Crippen LogP contribution in [0.2, 0.25) is 0 Å². The summed E-state index contributed by atoms with van der Waals surface area (Å²) in [5.41, 5.74) is 1.61. The molecule has 5 nitrogen and oxygen atoms in total. The molecule has 1 atom stereocenters. The lowest BCUT2D eigenvalue weighted by molar-refractivity contribution is -0.137. The summed E-state index contributed by atoms with van der Waals surface area (Å²) in [6, 6.07) is 5.56. The first-order chi connectivity index (χ1) is 9.13. The van der Waals surface area contributed by atoms with Crippen LogP contribution in [0.1, 0.15) is 30.7 Å². The minimum absolute atomic E-state index is 0.0293. The molecule has 0 aromatic heterocycles. The number of carboxylic acid groups (broad SMARTS) is 1. The third-order valence-electron chi connectivity index (χ3n) is 3.65. The van der Waals surface area contributed by atoms with Crippen molar-refractivity contribution in [3.05, 3.63) is 23.8 Å². The fourth-order valence-electron chi connectivity index (χ4n) is 2.57. The van der Waals surface area contributed by atoms with Gasteiger partial charge in [-0.2, -0.15) is 0 Å². The van der Waals surface area contributed by atoms with E-state index < -0.39 is 5.97 Å². The Morgan fingerprint density at radius 3 is 2.95 bits per heavy atom. The smallest absolute Gasteiger partial charge is 0.303 e. The van der Waals surface area contributed by atoms with E-state index in [0.29, 0.717) is 17.4 Å². The van der Waals surface area contributed by atoms with Crippen LogP contribution in [0.5, 0.6) is 5.75 Å². The van der Waals surface area contributed by atoms with Gasteiger partial charge in [0, 0.05) is 0 Å². The van der Waals surface area contributed by atoms with Crippen LogP contribution in [0.15, 0.2) is 18.2 Å². The Labute approximate surface area is 110 Å². The number of carboxylic acids is 1. The first kappa shape index (κ1) is 12.0. The molecule has 2 N–H and O–H groups in total. The van der Waals surface area contributed by atoms with Crippen LogP contribution in [0.25, 0.3) is 0 Å². The molecule has 0 bridgehead atoms. The van der Waals surface area contributed by atoms with Crippen LogP contribution in [-0.2, 0) is 9.59 Å². The number of aliphatic carboxylic acids is 1. The van der Waals surface area contributed by atoms with Gasteiger partial charge in [-0.05, 0) is 42.4 Å². The largest absolute Gasteiger partial charge is 0.482 e. The Morgan fingerprint density at radius 1 is 1.47 bits per heavy atom. The van der Waals surface area contributed by atoms with Crippen LogP contribution in [-0.4, -0.2) is 23.6 Å². The van der Waals surface area contributed by atoms with Crippen LogP contribution < -0.4 is 10.1 Å². The third kappa shape index (κ3) is 2.54. The molecule has 1 unspecified atom stereocenters. The van der Waals surface area contributed by atoms with Crippen molar-refractivity contribution in [1.82, 2.24) is 0 Å². The van der Waals surface area contributed by atoms with Crippen molar-refractivity contribution in [2.45, 2.75) is 25.2 Å². The lowest BCUT2D eigenvalue weighted by Crippen LogP contribution is -2.25. The van der Waals surface area contributed by atoms with Crippen LogP contribution in [0, 0.1) is 5.92 Å². The molecule has 1 amide bonds. The first-order valence-corrected chi connectivity index (χ1v) is 6.42. The molecule has 100 valence electrons. The number of hydrogen-bond acceptors (Lipinski definition) is 3. The van der Waals surface area contributed by atoms with Crippen LogP contribution >= 0.6 is 0 Å². The van der Waals surface area contributed by atoms with Gasteiger partial charge in [0.25, 0.3) is 5.91 Å². The van der Waals surface area contributed by atoms with Gasteiger partial charge in [-0.3, -0.25) is 9.59 Å². The van der Waals surface area contributed by atoms with Gasteiger partial charge in [0.1, 0.15) is 5.75 Å². The summed E-state index contributed by atoms with van der Waals surface area (Å²) in [6.07, 6.45) is 2.30. The van der Waals surface area contributed by atoms with Crippen LogP contribution in [0.3, 0.4) is 0 Å². The summed E-state index contributed by atoms with van der Waals surface area (Å²) in [4.78, 5) is 22.3. The molecule has 1 aliphatic carbocycles. The van der Waals surface area contributed by atoms with Gasteiger partial charge in [-0.1, -0.05) is 6.07 Å². The van der Waals surface area contributed by atoms with Crippen molar-refractivity contribution < 1.29 is 19.4 Å². The lowest BCUT2D eigenvalue weighted by atomic mass is 9.90. The number of anilines is 1. The van der Waals surface area contributed by atoms with E-state index in [2.05, 4.69) is 5.32 Å². The molecule has 5 heteroatoms. The zero-order valence-corrected chi connectivity index (χ0v) is 10.4. The Hall–Kier alpha value is -2.04. The highest BCUT2D eigenvalue weighted by Gasteiger charge is 2.34. The standard InChI is InChI=1S/C14H15NO4/c16-13-7-19-12-4-3-9(5-11(12)15-13)10(6-14(17)18)8-1-2-8/h3-5,8,10H,1-2,6-7H2,(H,15,16)(H,17,18). The maximum absolute atomic E-state index is 11.3. The van der Waals surface area contributed by atoms with Crippen molar-refractivity contribution in [2.75, 3.05) is 11.9 Å². The first-order valence-electron chi connectivity index (χ1n) is 6.42. The van der Waals surface area contributed by atoms with E-state index in [-0.39, 0.29) is 24.9 Å². The molecule has 2 aliphatic rings. The number of carbonyl (C=O) groups excluding carboxylic acids is 1. The molecule has 1 saturated carbocycles. The molecule has 0 saturated heterocycles. The number of carbonyl (C=O) groups is 2. The zero-order valence-electron chi connectivity index (χ0n) is 10.4. The number of rotatable bonds is 4. The van der Waals surface area contributed by atoms with Crippen molar-refractivity contribution in [3.63, 3.8) is 0 Å². The number of hydrogen-bond donors (Lipinski definition) is 2. The SMILES string of the molecule is O=C(O)CC(c1ccc2c(c1)NC(=O)CO2)C1CC1. The monoisotopic (exact) mass is 261 g/mol. The van der Waals surface area contributed by atoms with Gasteiger partial charge in [0.2, 0.25) is 0 Å². The zero-order chi connectivity index (χ0) is 13.4. The topological polar surface area (TPSA) is 75.6 Å². The van der Waals surface area contributed by atoms with E-state index in [1.165, 1.54) is 0 Å². The van der Waals surface area contributed by atoms with E-state index in [1.807, 2.05) is 12.1 Å². The summed E-state index contributed by atoms with van der Waals surface area (Å²) in [7, 11) is 0. The van der Waals surface area contributed by atoms with Gasteiger partial charge >= 0.3 is 5.97 Å². The number of benzene rings is 1. The normalized spacial score (nSPS) is 19.1. The minimum atomic E-state index is -0.782. The van der Waals surface area contributed by atoms with Crippen molar-refractivity contribution >= 4 is 17.6 Å². The average molecular weight is 261 g/mol. The van der Waals surface area contributed by atoms with Gasteiger partial charge in [0.05, 0.1) is 12.1 Å². The minimum Gasteiger partial charge on any atom is -0.482 e. The molecule has 1 fully saturated rings. The number of fused-ring (bicyclic) bond motifs is 1. The van der Waals surface area contributed by atoms with Gasteiger partial charge in [-0.25, -0.2) is 0 Å². The number of ether oxygens (including phenoxy) is 1. The van der Waals surface area contributed by atoms with Crippen molar-refractivity contribution in [2.24, 2.45) is 5.92 Å². The molecular formula is C14H15NO4. The second-order valence-corrected chi connectivity index (χ2v) is 5.13. The highest BCUT2D eigenvalue weighted by molar-refractivity contribution is 5.95.